The van der Waals surface area contributed by atoms with E-state index in [1.54, 1.807) is 45.3 Å². The molecule has 0 unspecified atom stereocenters. The zero-order valence-electron chi connectivity index (χ0n) is 19.2. The molecule has 0 radical (unpaired) electrons. The van der Waals surface area contributed by atoms with Gasteiger partial charge in [0.1, 0.15) is 4.83 Å². The highest BCUT2D eigenvalue weighted by molar-refractivity contribution is 7.18. The van der Waals surface area contributed by atoms with Gasteiger partial charge in [-0.05, 0) is 80.8 Å². The minimum absolute atomic E-state index is 1.12. The molecule has 6 aromatic heterocycles. The van der Waals surface area contributed by atoms with E-state index < -0.39 is 0 Å². The van der Waals surface area contributed by atoms with Crippen molar-refractivity contribution < 1.29 is 0 Å². The Bertz CT molecular complexity index is 1390. The van der Waals surface area contributed by atoms with Gasteiger partial charge in [-0.2, -0.15) is 0 Å². The Balaban J connectivity index is 0.0000000988. The van der Waals surface area contributed by atoms with Gasteiger partial charge in [0.05, 0.1) is 0 Å². The lowest BCUT2D eigenvalue weighted by Gasteiger charge is -1.82. The molecule has 8 rings (SSSR count). The van der Waals surface area contributed by atoms with Crippen molar-refractivity contribution in [3.8, 4) is 0 Å². The van der Waals surface area contributed by atoms with Crippen LogP contribution in [0, 0.1) is 0 Å². The van der Waals surface area contributed by atoms with E-state index in [1.165, 1.54) is 35.6 Å². The molecule has 0 aliphatic carbocycles. The number of hydrogen-bond acceptors (Lipinski definition) is 6. The van der Waals surface area contributed by atoms with Crippen LogP contribution in [0.25, 0.3) is 40.5 Å². The molecular weight excluding hydrogens is 517 g/mol. The van der Waals surface area contributed by atoms with Crippen molar-refractivity contribution in [2.75, 3.05) is 0 Å². The summed E-state index contributed by atoms with van der Waals surface area (Å²) in [6.07, 6.45) is 5.52. The first-order chi connectivity index (χ1) is 17.9. The molecule has 0 atom stereocenters. The van der Waals surface area contributed by atoms with Crippen LogP contribution >= 0.6 is 45.3 Å². The van der Waals surface area contributed by atoms with Crippen molar-refractivity contribution in [3.63, 3.8) is 0 Å². The molecule has 0 aliphatic rings. The van der Waals surface area contributed by atoms with Crippen LogP contribution in [0.2, 0.25) is 0 Å². The minimum Gasteiger partial charge on any atom is -0.264 e. The third kappa shape index (κ3) is 6.42. The molecule has 0 saturated carbocycles. The summed E-state index contributed by atoms with van der Waals surface area (Å²) in [5.41, 5.74) is 0. The number of benzene rings is 2. The predicted octanol–water partition coefficient (Wildman–Crippen LogP) is 10.4. The third-order valence-corrected chi connectivity index (χ3v) is 8.73. The van der Waals surface area contributed by atoms with E-state index in [9.17, 15) is 0 Å². The van der Waals surface area contributed by atoms with Crippen molar-refractivity contribution in [2.24, 2.45) is 0 Å². The average molecular weight is 539 g/mol. The Labute approximate surface area is 225 Å². The third-order valence-electron chi connectivity index (χ3n) is 5.20. The number of thiophene rings is 4. The van der Waals surface area contributed by atoms with E-state index in [0.29, 0.717) is 0 Å². The number of rotatable bonds is 0. The molecule has 6 heteroatoms. The Morgan fingerprint density at radius 1 is 0.417 bits per heavy atom. The van der Waals surface area contributed by atoms with Crippen molar-refractivity contribution in [1.82, 2.24) is 9.97 Å². The number of pyridine rings is 2. The van der Waals surface area contributed by atoms with Crippen LogP contribution < -0.4 is 0 Å². The molecule has 0 saturated heterocycles. The zero-order valence-corrected chi connectivity index (χ0v) is 22.5. The Hall–Kier alpha value is -3.42. The maximum Gasteiger partial charge on any atom is 0.123 e. The predicted molar refractivity (Wildman–Crippen MR) is 163 cm³/mol. The Morgan fingerprint density at radius 3 is 1.56 bits per heavy atom. The highest BCUT2D eigenvalue weighted by Crippen LogP contribution is 2.20. The molecule has 0 N–H and O–H groups in total. The van der Waals surface area contributed by atoms with Gasteiger partial charge in [-0.15, -0.1) is 45.3 Å². The van der Waals surface area contributed by atoms with Crippen molar-refractivity contribution >= 4 is 85.8 Å². The van der Waals surface area contributed by atoms with Crippen LogP contribution in [-0.4, -0.2) is 9.97 Å². The summed E-state index contributed by atoms with van der Waals surface area (Å²) in [6, 6.07) is 31.3. The summed E-state index contributed by atoms with van der Waals surface area (Å²) in [4.78, 5) is 9.27. The van der Waals surface area contributed by atoms with Crippen LogP contribution in [0.5, 0.6) is 0 Å². The maximum atomic E-state index is 4.16. The van der Waals surface area contributed by atoms with E-state index in [4.69, 9.17) is 0 Å². The number of hydrogen-bond donors (Lipinski definition) is 0. The number of fused-ring (bicyclic) bond motifs is 4. The van der Waals surface area contributed by atoms with Gasteiger partial charge in [-0.3, -0.25) is 4.98 Å². The minimum atomic E-state index is 1.12. The fraction of sp³-hybridized carbons (Fsp3) is 0. The van der Waals surface area contributed by atoms with E-state index in [0.717, 1.165) is 4.83 Å². The maximum absolute atomic E-state index is 4.16. The van der Waals surface area contributed by atoms with Gasteiger partial charge >= 0.3 is 0 Å². The molecule has 2 nitrogen and oxygen atoms in total. The molecule has 0 fully saturated rings. The first-order valence-electron chi connectivity index (χ1n) is 11.3. The summed E-state index contributed by atoms with van der Waals surface area (Å²) in [7, 11) is 0. The fourth-order valence-corrected chi connectivity index (χ4v) is 6.50. The molecule has 8 aromatic rings. The first-order valence-corrected chi connectivity index (χ1v) is 14.8. The van der Waals surface area contributed by atoms with Crippen LogP contribution in [-0.2, 0) is 0 Å². The largest absolute Gasteiger partial charge is 0.264 e. The first kappa shape index (κ1) is 24.3. The Morgan fingerprint density at radius 2 is 0.944 bits per heavy atom. The average Bonchev–Trinajstić information content (AvgIpc) is 3.76. The van der Waals surface area contributed by atoms with Crippen molar-refractivity contribution in [3.05, 3.63) is 131 Å². The zero-order chi connectivity index (χ0) is 24.4. The lowest BCUT2D eigenvalue weighted by atomic mass is 10.3. The normalized spacial score (nSPS) is 10.2. The van der Waals surface area contributed by atoms with E-state index >= 15 is 0 Å². The van der Waals surface area contributed by atoms with Gasteiger partial charge in [0.15, 0.2) is 0 Å². The van der Waals surface area contributed by atoms with E-state index in [2.05, 4.69) is 110 Å². The summed E-state index contributed by atoms with van der Waals surface area (Å²) in [6.45, 7) is 0. The highest BCUT2D eigenvalue weighted by atomic mass is 32.1. The van der Waals surface area contributed by atoms with Gasteiger partial charge in [-0.1, -0.05) is 42.5 Å². The second kappa shape index (κ2) is 12.5. The van der Waals surface area contributed by atoms with Crippen LogP contribution in [0.4, 0.5) is 0 Å². The molecule has 0 aliphatic heterocycles. The molecule has 0 bridgehead atoms. The second-order valence-corrected chi connectivity index (χ2v) is 11.3. The lowest BCUT2D eigenvalue weighted by molar-refractivity contribution is 1.37. The monoisotopic (exact) mass is 538 g/mol. The van der Waals surface area contributed by atoms with Crippen molar-refractivity contribution in [1.29, 1.82) is 0 Å². The SMILES string of the molecule is c1cc2sccc2cn1.c1ccc2sccc2c1.c1ccc2sccc2c1.c1cnc2sccc2c1. The summed E-state index contributed by atoms with van der Waals surface area (Å²) < 4.78 is 4.06. The smallest absolute Gasteiger partial charge is 0.123 e. The van der Waals surface area contributed by atoms with E-state index in [1.807, 2.05) is 30.7 Å². The number of aromatic nitrogens is 2. The van der Waals surface area contributed by atoms with Gasteiger partial charge in [0.2, 0.25) is 0 Å². The molecule has 2 aromatic carbocycles. The molecule has 36 heavy (non-hydrogen) atoms. The van der Waals surface area contributed by atoms with Gasteiger partial charge in [0.25, 0.3) is 0 Å². The Kier molecular flexibility index (Phi) is 8.44. The summed E-state index contributed by atoms with van der Waals surface area (Å²) in [5, 5.41) is 13.5. The molecule has 0 amide bonds. The number of nitrogens with zero attached hydrogens (tertiary/aromatic N) is 2. The molecule has 6 heterocycles. The van der Waals surface area contributed by atoms with Crippen LogP contribution in [0.3, 0.4) is 0 Å². The summed E-state index contributed by atoms with van der Waals surface area (Å²) in [5.74, 6) is 0. The summed E-state index contributed by atoms with van der Waals surface area (Å²) >= 11 is 7.00. The highest BCUT2D eigenvalue weighted by Gasteiger charge is 1.91. The molecule has 176 valence electrons. The van der Waals surface area contributed by atoms with Crippen LogP contribution in [0.15, 0.2) is 131 Å². The van der Waals surface area contributed by atoms with Gasteiger partial charge in [-0.25, -0.2) is 4.98 Å². The molecular formula is C30H22N2S4. The van der Waals surface area contributed by atoms with Crippen molar-refractivity contribution in [2.45, 2.75) is 0 Å². The lowest BCUT2D eigenvalue weighted by Crippen LogP contribution is -1.65. The van der Waals surface area contributed by atoms with Gasteiger partial charge < -0.3 is 0 Å². The second-order valence-electron chi connectivity index (χ2n) is 7.57. The van der Waals surface area contributed by atoms with Gasteiger partial charge in [0, 0.05) is 43.5 Å². The van der Waals surface area contributed by atoms with Crippen LogP contribution in [0.1, 0.15) is 0 Å². The topological polar surface area (TPSA) is 25.8 Å². The van der Waals surface area contributed by atoms with E-state index in [-0.39, 0.29) is 0 Å². The molecule has 0 spiro atoms. The standard InChI is InChI=1S/2C8H6S.2C7H5NS/c2*1-2-4-8-7(3-1)5-6-9-8;1-3-8-5-6-2-4-9-7(1)6;1-2-6-3-5-9-7(6)8-4-1/h2*1-6H;2*1-5H. The quantitative estimate of drug-likeness (QED) is 0.192. The fourth-order valence-electron chi connectivity index (χ4n) is 3.42.